The number of ether oxygens (including phenoxy) is 2. The third-order valence-corrected chi connectivity index (χ3v) is 5.56. The van der Waals surface area contributed by atoms with E-state index in [2.05, 4.69) is 17.2 Å². The van der Waals surface area contributed by atoms with E-state index in [4.69, 9.17) is 14.5 Å². The first-order valence-electron chi connectivity index (χ1n) is 9.54. The Morgan fingerprint density at radius 1 is 0.966 bits per heavy atom. The standard InChI is InChI=1S/C23H21N3O3/c1-28-20-9-15-5-6-16-11-24-23-19(22(16)18(15)10-21(20)29-2)12-25-26(23)13-14-3-7-17(27)8-4-14/h3-4,7-12,27H,5-6,13H2,1-2H3. The Morgan fingerprint density at radius 3 is 2.45 bits per heavy atom. The summed E-state index contributed by atoms with van der Waals surface area (Å²) in [6, 6.07) is 11.3. The van der Waals surface area contributed by atoms with Gasteiger partial charge >= 0.3 is 0 Å². The van der Waals surface area contributed by atoms with Crippen LogP contribution < -0.4 is 9.47 Å². The Bertz CT molecular complexity index is 1210. The van der Waals surface area contributed by atoms with Gasteiger partial charge in [-0.2, -0.15) is 5.10 Å². The highest BCUT2D eigenvalue weighted by atomic mass is 16.5. The molecule has 0 fully saturated rings. The van der Waals surface area contributed by atoms with Gasteiger partial charge in [-0.05, 0) is 64.9 Å². The molecule has 6 nitrogen and oxygen atoms in total. The number of aromatic nitrogens is 3. The molecule has 2 heterocycles. The zero-order valence-electron chi connectivity index (χ0n) is 16.3. The normalized spacial score (nSPS) is 12.5. The number of nitrogens with zero attached hydrogens (tertiary/aromatic N) is 3. The summed E-state index contributed by atoms with van der Waals surface area (Å²) in [6.07, 6.45) is 5.74. The van der Waals surface area contributed by atoms with Crippen LogP contribution in [0.1, 0.15) is 16.7 Å². The number of phenols is 1. The fourth-order valence-electron chi connectivity index (χ4n) is 4.10. The number of phenolic OH excluding ortho intramolecular Hbond substituents is 1. The van der Waals surface area contributed by atoms with Gasteiger partial charge in [0.15, 0.2) is 17.1 Å². The van der Waals surface area contributed by atoms with Crippen LogP contribution in [-0.2, 0) is 19.4 Å². The molecule has 1 aliphatic rings. The number of benzene rings is 2. The van der Waals surface area contributed by atoms with Crippen molar-refractivity contribution < 1.29 is 14.6 Å². The maximum atomic E-state index is 9.51. The molecule has 0 bridgehead atoms. The van der Waals surface area contributed by atoms with Gasteiger partial charge in [0.1, 0.15) is 5.75 Å². The van der Waals surface area contributed by atoms with Gasteiger partial charge in [0.25, 0.3) is 0 Å². The van der Waals surface area contributed by atoms with Crippen LogP contribution >= 0.6 is 0 Å². The smallest absolute Gasteiger partial charge is 0.161 e. The van der Waals surface area contributed by atoms with Gasteiger partial charge in [-0.15, -0.1) is 0 Å². The first-order valence-corrected chi connectivity index (χ1v) is 9.54. The maximum Gasteiger partial charge on any atom is 0.161 e. The predicted octanol–water partition coefficient (Wildman–Crippen LogP) is 3.97. The van der Waals surface area contributed by atoms with Crippen LogP contribution in [0.15, 0.2) is 48.8 Å². The number of aryl methyl sites for hydroxylation is 2. The lowest BCUT2D eigenvalue weighted by Crippen LogP contribution is -2.07. The number of aromatic hydroxyl groups is 1. The van der Waals surface area contributed by atoms with Gasteiger partial charge in [0.2, 0.25) is 0 Å². The molecule has 0 saturated carbocycles. The molecule has 0 saturated heterocycles. The Hall–Kier alpha value is -3.54. The Balaban J connectivity index is 1.64. The van der Waals surface area contributed by atoms with Gasteiger partial charge in [-0.1, -0.05) is 12.1 Å². The molecule has 0 spiro atoms. The van der Waals surface area contributed by atoms with Gasteiger partial charge in [0, 0.05) is 11.6 Å². The van der Waals surface area contributed by atoms with E-state index in [0.29, 0.717) is 6.54 Å². The summed E-state index contributed by atoms with van der Waals surface area (Å²) in [5.74, 6) is 1.73. The molecule has 5 rings (SSSR count). The van der Waals surface area contributed by atoms with Crippen molar-refractivity contribution in [3.8, 4) is 28.4 Å². The lowest BCUT2D eigenvalue weighted by atomic mass is 9.85. The summed E-state index contributed by atoms with van der Waals surface area (Å²) < 4.78 is 12.9. The molecular formula is C23H21N3O3. The zero-order chi connectivity index (χ0) is 20.0. The average molecular weight is 387 g/mol. The lowest BCUT2D eigenvalue weighted by molar-refractivity contribution is 0.354. The van der Waals surface area contributed by atoms with Crippen LogP contribution in [0.25, 0.3) is 22.2 Å². The summed E-state index contributed by atoms with van der Waals surface area (Å²) in [5, 5.41) is 15.1. The molecule has 1 N–H and O–H groups in total. The lowest BCUT2D eigenvalue weighted by Gasteiger charge is -2.22. The van der Waals surface area contributed by atoms with E-state index >= 15 is 0 Å². The number of methoxy groups -OCH3 is 2. The van der Waals surface area contributed by atoms with Crippen LogP contribution in [-0.4, -0.2) is 34.1 Å². The van der Waals surface area contributed by atoms with Crippen molar-refractivity contribution in [1.82, 2.24) is 14.8 Å². The summed E-state index contributed by atoms with van der Waals surface area (Å²) in [5.41, 5.74) is 6.70. The van der Waals surface area contributed by atoms with Crippen LogP contribution in [0.4, 0.5) is 0 Å². The molecule has 1 aliphatic carbocycles. The van der Waals surface area contributed by atoms with E-state index in [1.807, 2.05) is 29.2 Å². The van der Waals surface area contributed by atoms with Gasteiger partial charge in [-0.25, -0.2) is 9.67 Å². The average Bonchev–Trinajstić information content (AvgIpc) is 3.16. The molecule has 0 unspecified atom stereocenters. The zero-order valence-corrected chi connectivity index (χ0v) is 16.3. The highest BCUT2D eigenvalue weighted by molar-refractivity contribution is 5.96. The molecule has 0 atom stereocenters. The minimum Gasteiger partial charge on any atom is -0.508 e. The number of pyridine rings is 1. The second-order valence-corrected chi connectivity index (χ2v) is 7.23. The van der Waals surface area contributed by atoms with E-state index in [0.717, 1.165) is 46.5 Å². The molecular weight excluding hydrogens is 366 g/mol. The minimum atomic E-state index is 0.257. The highest BCUT2D eigenvalue weighted by Crippen LogP contribution is 2.43. The van der Waals surface area contributed by atoms with Crippen LogP contribution in [0.5, 0.6) is 17.2 Å². The van der Waals surface area contributed by atoms with Crippen molar-refractivity contribution in [2.45, 2.75) is 19.4 Å². The van der Waals surface area contributed by atoms with Crippen molar-refractivity contribution in [3.05, 3.63) is 65.5 Å². The second-order valence-electron chi connectivity index (χ2n) is 7.23. The van der Waals surface area contributed by atoms with Crippen LogP contribution in [0, 0.1) is 0 Å². The minimum absolute atomic E-state index is 0.257. The van der Waals surface area contributed by atoms with Crippen molar-refractivity contribution in [3.63, 3.8) is 0 Å². The molecule has 2 aromatic carbocycles. The van der Waals surface area contributed by atoms with Gasteiger partial charge in [-0.3, -0.25) is 0 Å². The summed E-state index contributed by atoms with van der Waals surface area (Å²) in [6.45, 7) is 0.592. The monoisotopic (exact) mass is 387 g/mol. The molecule has 29 heavy (non-hydrogen) atoms. The van der Waals surface area contributed by atoms with Gasteiger partial charge < -0.3 is 14.6 Å². The SMILES string of the molecule is COc1cc2c(cc1OC)-c1c(cnc3c1cnn3Cc1ccc(O)cc1)CC2. The summed E-state index contributed by atoms with van der Waals surface area (Å²) in [7, 11) is 3.32. The third kappa shape index (κ3) is 2.88. The number of hydrogen-bond donors (Lipinski definition) is 1. The quantitative estimate of drug-likeness (QED) is 0.574. The second kappa shape index (κ2) is 6.81. The van der Waals surface area contributed by atoms with E-state index in [9.17, 15) is 5.11 Å². The summed E-state index contributed by atoms with van der Waals surface area (Å²) in [4.78, 5) is 4.71. The molecule has 0 amide bonds. The molecule has 6 heteroatoms. The van der Waals surface area contributed by atoms with E-state index in [1.165, 1.54) is 16.7 Å². The number of rotatable bonds is 4. The summed E-state index contributed by atoms with van der Waals surface area (Å²) >= 11 is 0. The van der Waals surface area contributed by atoms with E-state index in [-0.39, 0.29) is 5.75 Å². The van der Waals surface area contributed by atoms with E-state index < -0.39 is 0 Å². The number of hydrogen-bond acceptors (Lipinski definition) is 5. The molecule has 0 radical (unpaired) electrons. The van der Waals surface area contributed by atoms with Crippen molar-refractivity contribution in [2.75, 3.05) is 14.2 Å². The van der Waals surface area contributed by atoms with Gasteiger partial charge in [0.05, 0.1) is 27.0 Å². The Kier molecular flexibility index (Phi) is 4.12. The third-order valence-electron chi connectivity index (χ3n) is 5.56. The highest BCUT2D eigenvalue weighted by Gasteiger charge is 2.23. The van der Waals surface area contributed by atoms with Crippen LogP contribution in [0.2, 0.25) is 0 Å². The van der Waals surface area contributed by atoms with Crippen LogP contribution in [0.3, 0.4) is 0 Å². The Labute approximate surface area is 168 Å². The fraction of sp³-hybridized carbons (Fsp3) is 0.217. The fourth-order valence-corrected chi connectivity index (χ4v) is 4.10. The topological polar surface area (TPSA) is 69.4 Å². The molecule has 4 aromatic rings. The largest absolute Gasteiger partial charge is 0.508 e. The first kappa shape index (κ1) is 17.6. The molecule has 2 aromatic heterocycles. The molecule has 0 aliphatic heterocycles. The number of fused-ring (bicyclic) bond motifs is 5. The Morgan fingerprint density at radius 2 is 1.69 bits per heavy atom. The maximum absolute atomic E-state index is 9.51. The molecule has 146 valence electrons. The van der Waals surface area contributed by atoms with E-state index in [1.54, 1.807) is 26.4 Å². The van der Waals surface area contributed by atoms with Crippen molar-refractivity contribution >= 4 is 11.0 Å². The predicted molar refractivity (Wildman–Crippen MR) is 111 cm³/mol. The van der Waals surface area contributed by atoms with Crippen molar-refractivity contribution in [2.24, 2.45) is 0 Å². The first-order chi connectivity index (χ1) is 14.2. The van der Waals surface area contributed by atoms with Crippen molar-refractivity contribution in [1.29, 1.82) is 0 Å².